The molecule has 200 valence electrons. The summed E-state index contributed by atoms with van der Waals surface area (Å²) in [6, 6.07) is 30.2. The second-order valence-corrected chi connectivity index (χ2v) is 18.2. The topological polar surface area (TPSA) is 38.8 Å². The number of benzene rings is 3. The maximum absolute atomic E-state index is 14.4. The number of nitrogens with zero attached hydrogens (tertiary/aromatic N) is 1. The van der Waals surface area contributed by atoms with E-state index in [0.29, 0.717) is 11.7 Å². The molecule has 1 fully saturated rings. The van der Waals surface area contributed by atoms with Gasteiger partial charge in [0.05, 0.1) is 0 Å². The van der Waals surface area contributed by atoms with Gasteiger partial charge in [-0.05, 0) is 0 Å². The third kappa shape index (κ3) is 6.22. The fourth-order valence-electron chi connectivity index (χ4n) is 4.43. The molecule has 0 aromatic heterocycles. The van der Waals surface area contributed by atoms with Gasteiger partial charge in [-0.1, -0.05) is 0 Å². The molecule has 1 aliphatic heterocycles. The van der Waals surface area contributed by atoms with Crippen molar-refractivity contribution in [2.75, 3.05) is 0 Å². The minimum absolute atomic E-state index is 0.0200. The van der Waals surface area contributed by atoms with Crippen LogP contribution in [0.3, 0.4) is 0 Å². The molecule has 38 heavy (non-hydrogen) atoms. The number of hydrogen-bond donors (Lipinski definition) is 0. The van der Waals surface area contributed by atoms with Crippen LogP contribution in [0.5, 0.6) is 0 Å². The molecule has 6 heteroatoms. The zero-order valence-corrected chi connectivity index (χ0v) is 25.8. The zero-order valence-electron chi connectivity index (χ0n) is 23.1. The second kappa shape index (κ2) is 11.7. The van der Waals surface area contributed by atoms with Gasteiger partial charge in [0.25, 0.3) is 0 Å². The van der Waals surface area contributed by atoms with E-state index in [-0.39, 0.29) is 31.9 Å². The van der Waals surface area contributed by atoms with Crippen LogP contribution in [0, 0.1) is 0 Å². The van der Waals surface area contributed by atoms with Gasteiger partial charge in [-0.2, -0.15) is 0 Å². The third-order valence-corrected chi connectivity index (χ3v) is 14.3. The summed E-state index contributed by atoms with van der Waals surface area (Å²) in [7, 11) is -2.38. The molecule has 0 saturated carbocycles. The molecule has 0 bridgehead atoms. The normalized spacial score (nSPS) is 20.9. The summed E-state index contributed by atoms with van der Waals surface area (Å²) < 4.78 is 15.4. The molecule has 3 aromatic rings. The molecule has 1 aliphatic rings. The van der Waals surface area contributed by atoms with Crippen LogP contribution < -0.4 is 4.46 Å². The Morgan fingerprint density at radius 3 is 2.11 bits per heavy atom. The van der Waals surface area contributed by atoms with Crippen LogP contribution in [0.25, 0.3) is 0 Å². The van der Waals surface area contributed by atoms with Gasteiger partial charge in [0.1, 0.15) is 0 Å². The van der Waals surface area contributed by atoms with E-state index in [1.807, 2.05) is 65.6 Å². The second-order valence-electron chi connectivity index (χ2n) is 11.3. The van der Waals surface area contributed by atoms with E-state index in [1.54, 1.807) is 0 Å². The molecule has 0 N–H and O–H groups in total. The molecule has 3 atom stereocenters. The molecule has 4 nitrogen and oxygen atoms in total. The first-order chi connectivity index (χ1) is 18.1. The molecule has 1 saturated heterocycles. The summed E-state index contributed by atoms with van der Waals surface area (Å²) in [6.45, 7) is 15.3. The average molecular weight is 593 g/mol. The molecular weight excluding hydrogens is 553 g/mol. The molecule has 1 amide bonds. The van der Waals surface area contributed by atoms with Crippen molar-refractivity contribution >= 4 is 33.6 Å². The molecule has 0 radical (unpaired) electrons. The van der Waals surface area contributed by atoms with E-state index < -0.39 is 20.3 Å². The number of hydrogen-bond acceptors (Lipinski definition) is 3. The Morgan fingerprint density at radius 1 is 1.00 bits per heavy atom. The van der Waals surface area contributed by atoms with Crippen molar-refractivity contribution in [1.82, 2.24) is 4.90 Å². The van der Waals surface area contributed by atoms with Crippen molar-refractivity contribution in [3.05, 3.63) is 115 Å². The van der Waals surface area contributed by atoms with E-state index >= 15 is 0 Å². The zero-order chi connectivity index (χ0) is 27.4. The van der Waals surface area contributed by atoms with Gasteiger partial charge in [0.2, 0.25) is 0 Å². The summed E-state index contributed by atoms with van der Waals surface area (Å²) in [4.78, 5) is 16.2. The predicted octanol–water partition coefficient (Wildman–Crippen LogP) is 6.51. The fraction of sp³-hybridized carbons (Fsp3) is 0.344. The van der Waals surface area contributed by atoms with Crippen molar-refractivity contribution in [1.29, 1.82) is 0 Å². The van der Waals surface area contributed by atoms with Crippen molar-refractivity contribution in [2.24, 2.45) is 0 Å². The van der Waals surface area contributed by atoms with E-state index in [1.165, 1.54) is 4.46 Å². The number of ether oxygens (including phenoxy) is 1. The maximum atomic E-state index is 14.4. The molecule has 4 rings (SSSR count). The van der Waals surface area contributed by atoms with Crippen molar-refractivity contribution in [2.45, 2.75) is 68.7 Å². The Morgan fingerprint density at radius 2 is 1.55 bits per heavy atom. The summed E-state index contributed by atoms with van der Waals surface area (Å²) in [5.41, 5.74) is 1.99. The third-order valence-electron chi connectivity index (χ3n) is 7.51. The van der Waals surface area contributed by atoms with Gasteiger partial charge in [-0.15, -0.1) is 0 Å². The summed E-state index contributed by atoms with van der Waals surface area (Å²) in [6.07, 6.45) is 1.79. The van der Waals surface area contributed by atoms with Crippen LogP contribution >= 0.6 is 0 Å². The first-order valence-electron chi connectivity index (χ1n) is 13.2. The molecule has 3 aromatic carbocycles. The molecule has 0 spiro atoms. The summed E-state index contributed by atoms with van der Waals surface area (Å²) in [5, 5.41) is 0.524. The Balaban J connectivity index is 1.82. The van der Waals surface area contributed by atoms with Gasteiger partial charge < -0.3 is 0 Å². The Hall–Kier alpha value is -2.47. The fourth-order valence-corrected chi connectivity index (χ4v) is 8.01. The Kier molecular flexibility index (Phi) is 8.81. The van der Waals surface area contributed by atoms with E-state index in [2.05, 4.69) is 76.8 Å². The van der Waals surface area contributed by atoms with Crippen LogP contribution in [-0.4, -0.2) is 46.0 Å². The monoisotopic (exact) mass is 593 g/mol. The summed E-state index contributed by atoms with van der Waals surface area (Å²) >= 11 is 0.0200. The molecule has 1 unspecified atom stereocenters. The number of rotatable bonds is 10. The predicted molar refractivity (Wildman–Crippen MR) is 159 cm³/mol. The number of carbonyl (C=O) groups is 1. The minimum atomic E-state index is -2.38. The van der Waals surface area contributed by atoms with Crippen LogP contribution in [-0.2, 0) is 20.4 Å². The average Bonchev–Trinajstić information content (AvgIpc) is 3.18. The molecular formula is C32H39NO3SeSi. The standard InChI is InChI=1S/C32H39NO3SeSi/c1-7-27(23-25-17-11-8-12-18-25)33-30(34)29(26-19-13-9-14-20-26)35-32(33,36-38(5,6)31(2,3)4)24-37-28-21-15-10-16-22-28/h7-22,27,29H,1,23-24H2,2-6H3/t27-,29+,32?/m1/s1. The van der Waals surface area contributed by atoms with Crippen LogP contribution in [0.1, 0.15) is 38.0 Å². The SMILES string of the molecule is C=C[C@H](Cc1ccccc1)N1C(=O)[C@H](c2ccccc2)OC1(C[Se]c1ccccc1)O[Si](C)(C)C(C)(C)C. The van der Waals surface area contributed by atoms with Crippen LogP contribution in [0.2, 0.25) is 23.5 Å². The van der Waals surface area contributed by atoms with Crippen LogP contribution in [0.4, 0.5) is 0 Å². The van der Waals surface area contributed by atoms with Crippen molar-refractivity contribution in [3.8, 4) is 0 Å². The van der Waals surface area contributed by atoms with Gasteiger partial charge in [0.15, 0.2) is 0 Å². The first kappa shape index (κ1) is 28.5. The quantitative estimate of drug-likeness (QED) is 0.199. The number of amides is 1. The van der Waals surface area contributed by atoms with E-state index in [4.69, 9.17) is 9.16 Å². The van der Waals surface area contributed by atoms with Gasteiger partial charge in [-0.3, -0.25) is 0 Å². The first-order valence-corrected chi connectivity index (χ1v) is 18.1. The van der Waals surface area contributed by atoms with Gasteiger partial charge in [-0.25, -0.2) is 0 Å². The molecule has 1 heterocycles. The van der Waals surface area contributed by atoms with E-state index in [0.717, 1.165) is 11.1 Å². The molecule has 0 aliphatic carbocycles. The Bertz CT molecular complexity index is 1210. The number of carbonyl (C=O) groups excluding carboxylic acids is 1. The van der Waals surface area contributed by atoms with Crippen molar-refractivity contribution in [3.63, 3.8) is 0 Å². The van der Waals surface area contributed by atoms with E-state index in [9.17, 15) is 4.79 Å². The Labute approximate surface area is 235 Å². The van der Waals surface area contributed by atoms with Gasteiger partial charge >= 0.3 is 236 Å². The van der Waals surface area contributed by atoms with Crippen LogP contribution in [0.15, 0.2) is 104 Å². The summed E-state index contributed by atoms with van der Waals surface area (Å²) in [5.74, 6) is -1.26. The van der Waals surface area contributed by atoms with Crippen molar-refractivity contribution < 1.29 is 14.0 Å². The van der Waals surface area contributed by atoms with Gasteiger partial charge in [0, 0.05) is 0 Å².